The molecule has 0 N–H and O–H groups in total. The molecule has 0 bridgehead atoms. The molecular formula is C90H180F2. The van der Waals surface area contributed by atoms with Crippen molar-refractivity contribution in [1.82, 2.24) is 0 Å². The highest BCUT2D eigenvalue weighted by Crippen LogP contribution is 2.34. The van der Waals surface area contributed by atoms with Crippen LogP contribution in [0.1, 0.15) is 554 Å². The van der Waals surface area contributed by atoms with E-state index in [9.17, 15) is 4.39 Å². The van der Waals surface area contributed by atoms with Crippen LogP contribution in [0.5, 0.6) is 0 Å². The Kier molecular flexibility index (Phi) is 85.0. The van der Waals surface area contributed by atoms with Gasteiger partial charge < -0.3 is 0 Å². The summed E-state index contributed by atoms with van der Waals surface area (Å²) in [5.41, 5.74) is 0. The summed E-state index contributed by atoms with van der Waals surface area (Å²) >= 11 is 0. The summed E-state index contributed by atoms with van der Waals surface area (Å²) in [5, 5.41) is 0. The van der Waals surface area contributed by atoms with Crippen molar-refractivity contribution in [3.63, 3.8) is 0 Å². The largest absolute Gasteiger partial charge is 0.251 e. The normalized spacial score (nSPS) is 12.9. The first kappa shape index (κ1) is 91.9. The van der Waals surface area contributed by atoms with Gasteiger partial charge in [0.1, 0.15) is 6.17 Å². The van der Waals surface area contributed by atoms with E-state index in [4.69, 9.17) is 0 Å². The number of alkyl halides is 2. The zero-order valence-electron chi connectivity index (χ0n) is 64.9. The molecule has 0 saturated carbocycles. The second kappa shape index (κ2) is 85.1. The molecule has 0 heterocycles. The fourth-order valence-corrected chi connectivity index (χ4v) is 15.8. The molecule has 0 nitrogen and oxygen atoms in total. The Labute approximate surface area is 584 Å². The molecule has 0 amide bonds. The molecule has 0 fully saturated rings. The van der Waals surface area contributed by atoms with Gasteiger partial charge in [-0.3, -0.25) is 4.39 Å². The number of hydrogen-bond acceptors (Lipinski definition) is 0. The van der Waals surface area contributed by atoms with Crippen LogP contribution in [0, 0.1) is 11.8 Å². The summed E-state index contributed by atoms with van der Waals surface area (Å²) in [4.78, 5) is 0. The predicted molar refractivity (Wildman–Crippen MR) is 418 cm³/mol. The molecule has 554 valence electrons. The maximum atomic E-state index is 17.4. The van der Waals surface area contributed by atoms with Crippen LogP contribution in [0.3, 0.4) is 0 Å². The van der Waals surface area contributed by atoms with E-state index in [-0.39, 0.29) is 6.67 Å². The Morgan fingerprint density at radius 3 is 0.348 bits per heavy atom. The third-order valence-electron chi connectivity index (χ3n) is 22.4. The van der Waals surface area contributed by atoms with Crippen molar-refractivity contribution in [2.75, 3.05) is 6.67 Å². The number of halogens is 2. The molecule has 0 aromatic rings. The van der Waals surface area contributed by atoms with E-state index < -0.39 is 6.17 Å². The number of unbranched alkanes of at least 4 members (excludes halogenated alkanes) is 75. The van der Waals surface area contributed by atoms with E-state index >= 15 is 4.39 Å². The average Bonchev–Trinajstić information content (AvgIpc) is 3.10. The molecule has 0 aliphatic rings. The Bertz CT molecular complexity index is 1230. The van der Waals surface area contributed by atoms with Crippen LogP contribution in [-0.4, -0.2) is 12.8 Å². The van der Waals surface area contributed by atoms with Crippen molar-refractivity contribution in [2.45, 2.75) is 560 Å². The molecule has 3 atom stereocenters. The molecule has 0 aliphatic heterocycles. The van der Waals surface area contributed by atoms with E-state index in [0.717, 1.165) is 38.5 Å². The fraction of sp³-hybridized carbons (Fsp3) is 1.00. The minimum Gasteiger partial charge on any atom is -0.251 e. The van der Waals surface area contributed by atoms with Gasteiger partial charge in [0.25, 0.3) is 0 Å². The van der Waals surface area contributed by atoms with E-state index in [0.29, 0.717) is 11.8 Å². The van der Waals surface area contributed by atoms with Gasteiger partial charge in [-0.15, -0.1) is 0 Å². The number of rotatable bonds is 86. The maximum absolute atomic E-state index is 17.4. The van der Waals surface area contributed by atoms with Crippen molar-refractivity contribution < 1.29 is 8.78 Å². The predicted octanol–water partition coefficient (Wildman–Crippen LogP) is 35.0. The summed E-state index contributed by atoms with van der Waals surface area (Å²) in [7, 11) is 0. The Balaban J connectivity index is 4.72. The average molecular weight is 1300 g/mol. The van der Waals surface area contributed by atoms with E-state index in [1.165, 1.54) is 494 Å². The van der Waals surface area contributed by atoms with Crippen LogP contribution >= 0.6 is 0 Å². The van der Waals surface area contributed by atoms with Crippen molar-refractivity contribution >= 4 is 0 Å². The van der Waals surface area contributed by atoms with Crippen LogP contribution in [0.4, 0.5) is 8.78 Å². The van der Waals surface area contributed by atoms with Gasteiger partial charge in [0.05, 0.1) is 6.67 Å². The van der Waals surface area contributed by atoms with Gasteiger partial charge in [-0.25, -0.2) is 4.39 Å². The molecule has 2 heteroatoms. The van der Waals surface area contributed by atoms with Gasteiger partial charge in [-0.05, 0) is 43.9 Å². The van der Waals surface area contributed by atoms with Gasteiger partial charge in [0, 0.05) is 0 Å². The standard InChI is InChI=1S/C90H180F2/c1-4-7-10-13-16-19-22-24-26-28-30-32-34-36-38-40-42-44-46-48-51-55-59-64-69-74-79-84-88(83-78-73-68-63-21-18-15-12-9-6-3)90(92)89(86-81-76-71-66-61-57-53-50-54-58-62-67-72-77-82-87-91)85-80-75-70-65-60-56-52-49-47-45-43-41-39-37-35-33-31-29-27-25-23-20-17-14-11-8-5-2/h88-90H,4-87H2,1-3H3. The summed E-state index contributed by atoms with van der Waals surface area (Å²) in [5.74, 6) is 0.587. The molecule has 0 aromatic heterocycles. The minimum absolute atomic E-state index is 0.141. The molecule has 0 aromatic carbocycles. The van der Waals surface area contributed by atoms with Crippen LogP contribution in [-0.2, 0) is 0 Å². The minimum atomic E-state index is -0.586. The van der Waals surface area contributed by atoms with E-state index in [2.05, 4.69) is 20.8 Å². The van der Waals surface area contributed by atoms with Crippen LogP contribution in [0.15, 0.2) is 0 Å². The van der Waals surface area contributed by atoms with Crippen molar-refractivity contribution in [1.29, 1.82) is 0 Å². The lowest BCUT2D eigenvalue weighted by Gasteiger charge is -2.29. The molecule has 0 spiro atoms. The summed E-state index contributed by atoms with van der Waals surface area (Å²) < 4.78 is 29.8. The molecule has 0 saturated heterocycles. The van der Waals surface area contributed by atoms with Crippen LogP contribution in [0.25, 0.3) is 0 Å². The summed E-state index contributed by atoms with van der Waals surface area (Å²) in [6, 6.07) is 0. The smallest absolute Gasteiger partial charge is 0.106 e. The lowest BCUT2D eigenvalue weighted by atomic mass is 9.80. The SMILES string of the molecule is CCCCCCCCCCCCCCCCCCCCCCCCCCCCCC(CCCCCCCCCCCC)C(F)C(CCCCCCCCCCCCCCCCCF)CCCCCCCCCCCCCCCCCCCCCCCCCCCCC. The van der Waals surface area contributed by atoms with Crippen molar-refractivity contribution in [3.05, 3.63) is 0 Å². The maximum Gasteiger partial charge on any atom is 0.106 e. The van der Waals surface area contributed by atoms with E-state index in [1.54, 1.807) is 0 Å². The van der Waals surface area contributed by atoms with Gasteiger partial charge in [-0.1, -0.05) is 522 Å². The Morgan fingerprint density at radius 2 is 0.239 bits per heavy atom. The lowest BCUT2D eigenvalue weighted by Crippen LogP contribution is -2.26. The Hall–Kier alpha value is -0.140. The molecule has 0 radical (unpaired) electrons. The number of hydrogen-bond donors (Lipinski definition) is 0. The fourth-order valence-electron chi connectivity index (χ4n) is 15.8. The van der Waals surface area contributed by atoms with Gasteiger partial charge >= 0.3 is 0 Å². The van der Waals surface area contributed by atoms with Crippen molar-refractivity contribution in [2.24, 2.45) is 11.8 Å². The molecule has 0 rings (SSSR count). The van der Waals surface area contributed by atoms with Gasteiger partial charge in [0.2, 0.25) is 0 Å². The van der Waals surface area contributed by atoms with Gasteiger partial charge in [-0.2, -0.15) is 0 Å². The first-order valence-corrected chi connectivity index (χ1v) is 44.9. The highest BCUT2D eigenvalue weighted by molar-refractivity contribution is 4.79. The van der Waals surface area contributed by atoms with Crippen LogP contribution < -0.4 is 0 Å². The van der Waals surface area contributed by atoms with E-state index in [1.807, 2.05) is 0 Å². The summed E-state index contributed by atoms with van der Waals surface area (Å²) in [6.45, 7) is 6.81. The van der Waals surface area contributed by atoms with Crippen LogP contribution in [0.2, 0.25) is 0 Å². The lowest BCUT2D eigenvalue weighted by molar-refractivity contribution is 0.114. The third-order valence-corrected chi connectivity index (χ3v) is 22.4. The summed E-state index contributed by atoms with van der Waals surface area (Å²) in [6.07, 6.45) is 115. The van der Waals surface area contributed by atoms with Gasteiger partial charge in [0.15, 0.2) is 0 Å². The Morgan fingerprint density at radius 1 is 0.141 bits per heavy atom. The topological polar surface area (TPSA) is 0 Å². The first-order chi connectivity index (χ1) is 45.7. The second-order valence-corrected chi connectivity index (χ2v) is 31.7. The molecular weight excluding hydrogens is 1120 g/mol. The highest BCUT2D eigenvalue weighted by Gasteiger charge is 2.28. The zero-order chi connectivity index (χ0) is 66.1. The zero-order valence-corrected chi connectivity index (χ0v) is 64.9. The quantitative estimate of drug-likeness (QED) is 0.0533. The third kappa shape index (κ3) is 77.2. The monoisotopic (exact) mass is 1300 g/mol. The first-order valence-electron chi connectivity index (χ1n) is 44.9. The molecule has 3 unspecified atom stereocenters. The molecule has 92 heavy (non-hydrogen) atoms. The molecule has 0 aliphatic carbocycles. The van der Waals surface area contributed by atoms with Crippen molar-refractivity contribution in [3.8, 4) is 0 Å². The highest BCUT2D eigenvalue weighted by atomic mass is 19.1. The second-order valence-electron chi connectivity index (χ2n) is 31.7.